The first-order valence-electron chi connectivity index (χ1n) is 7.81. The zero-order valence-corrected chi connectivity index (χ0v) is 13.4. The molecule has 2 aromatic carbocycles. The van der Waals surface area contributed by atoms with Gasteiger partial charge in [-0.1, -0.05) is 24.3 Å². The van der Waals surface area contributed by atoms with E-state index in [0.29, 0.717) is 0 Å². The molecule has 1 aromatic heterocycles. The summed E-state index contributed by atoms with van der Waals surface area (Å²) in [5.41, 5.74) is 3.30. The summed E-state index contributed by atoms with van der Waals surface area (Å²) in [6, 6.07) is 18.3. The summed E-state index contributed by atoms with van der Waals surface area (Å²) >= 11 is 0. The summed E-state index contributed by atoms with van der Waals surface area (Å²) in [6.45, 7) is 4.81. The molecule has 0 spiro atoms. The van der Waals surface area contributed by atoms with Gasteiger partial charge in [-0.3, -0.25) is 0 Å². The Morgan fingerprint density at radius 3 is 2.52 bits per heavy atom. The van der Waals surface area contributed by atoms with Gasteiger partial charge in [-0.15, -0.1) is 0 Å². The predicted octanol–water partition coefficient (Wildman–Crippen LogP) is 4.27. The number of anilines is 1. The largest absolute Gasteiger partial charge is 0.491 e. The third-order valence-corrected chi connectivity index (χ3v) is 3.43. The van der Waals surface area contributed by atoms with E-state index in [1.54, 1.807) is 6.20 Å². The van der Waals surface area contributed by atoms with Crippen molar-refractivity contribution in [2.75, 3.05) is 5.32 Å². The van der Waals surface area contributed by atoms with Crippen molar-refractivity contribution < 1.29 is 4.74 Å². The van der Waals surface area contributed by atoms with E-state index in [-0.39, 0.29) is 6.10 Å². The van der Waals surface area contributed by atoms with Gasteiger partial charge < -0.3 is 10.1 Å². The van der Waals surface area contributed by atoms with Gasteiger partial charge in [-0.2, -0.15) is 5.10 Å². The van der Waals surface area contributed by atoms with Gasteiger partial charge in [-0.25, -0.2) is 4.68 Å². The molecule has 0 aliphatic carbocycles. The van der Waals surface area contributed by atoms with Crippen molar-refractivity contribution in [3.8, 4) is 11.4 Å². The Hall–Kier alpha value is -2.75. The van der Waals surface area contributed by atoms with Crippen LogP contribution in [-0.4, -0.2) is 15.9 Å². The fourth-order valence-corrected chi connectivity index (χ4v) is 2.39. The van der Waals surface area contributed by atoms with E-state index in [1.807, 2.05) is 55.1 Å². The molecule has 3 rings (SSSR count). The molecule has 0 aliphatic heterocycles. The summed E-state index contributed by atoms with van der Waals surface area (Å²) in [7, 11) is 0. The van der Waals surface area contributed by atoms with E-state index < -0.39 is 0 Å². The van der Waals surface area contributed by atoms with E-state index in [9.17, 15) is 0 Å². The van der Waals surface area contributed by atoms with E-state index in [1.165, 1.54) is 5.56 Å². The fourth-order valence-electron chi connectivity index (χ4n) is 2.39. The number of aromatic nitrogens is 2. The smallest absolute Gasteiger partial charge is 0.119 e. The van der Waals surface area contributed by atoms with Gasteiger partial charge in [0.15, 0.2) is 0 Å². The van der Waals surface area contributed by atoms with E-state index in [2.05, 4.69) is 34.7 Å². The maximum Gasteiger partial charge on any atom is 0.119 e. The molecular weight excluding hydrogens is 286 g/mol. The first-order valence-corrected chi connectivity index (χ1v) is 7.81. The maximum absolute atomic E-state index is 5.67. The van der Waals surface area contributed by atoms with E-state index in [0.717, 1.165) is 23.7 Å². The normalized spacial score (nSPS) is 10.7. The van der Waals surface area contributed by atoms with Crippen LogP contribution < -0.4 is 10.1 Å². The molecule has 3 aromatic rings. The molecule has 0 unspecified atom stereocenters. The number of hydrogen-bond acceptors (Lipinski definition) is 3. The van der Waals surface area contributed by atoms with Crippen molar-refractivity contribution in [1.82, 2.24) is 9.78 Å². The van der Waals surface area contributed by atoms with Gasteiger partial charge in [0.05, 0.1) is 17.5 Å². The average molecular weight is 307 g/mol. The summed E-state index contributed by atoms with van der Waals surface area (Å²) in [5, 5.41) is 7.78. The number of para-hydroxylation sites is 2. The Morgan fingerprint density at radius 2 is 1.83 bits per heavy atom. The molecule has 4 heteroatoms. The molecule has 4 nitrogen and oxygen atoms in total. The van der Waals surface area contributed by atoms with Crippen molar-refractivity contribution in [2.45, 2.75) is 26.5 Å². The van der Waals surface area contributed by atoms with Gasteiger partial charge in [0.25, 0.3) is 0 Å². The highest BCUT2D eigenvalue weighted by Gasteiger charge is 2.04. The van der Waals surface area contributed by atoms with Gasteiger partial charge in [0, 0.05) is 18.9 Å². The standard InChI is InChI=1S/C19H21N3O/c1-15(2)23-17-10-8-16(9-11-17)14-20-18-6-3-4-7-19(18)22-13-5-12-21-22/h3-13,15,20H,14H2,1-2H3. The molecule has 0 atom stereocenters. The van der Waals surface area contributed by atoms with Crippen LogP contribution in [0.3, 0.4) is 0 Å². The molecule has 0 bridgehead atoms. The number of ether oxygens (including phenoxy) is 1. The van der Waals surface area contributed by atoms with Gasteiger partial charge in [0.1, 0.15) is 5.75 Å². The summed E-state index contributed by atoms with van der Waals surface area (Å²) in [6.07, 6.45) is 3.92. The minimum atomic E-state index is 0.194. The van der Waals surface area contributed by atoms with Crippen LogP contribution in [0.4, 0.5) is 5.69 Å². The second kappa shape index (κ2) is 7.01. The highest BCUT2D eigenvalue weighted by Crippen LogP contribution is 2.20. The van der Waals surface area contributed by atoms with Crippen LogP contribution >= 0.6 is 0 Å². The van der Waals surface area contributed by atoms with Gasteiger partial charge >= 0.3 is 0 Å². The average Bonchev–Trinajstić information content (AvgIpc) is 3.08. The first-order chi connectivity index (χ1) is 11.2. The zero-order chi connectivity index (χ0) is 16.1. The summed E-state index contributed by atoms with van der Waals surface area (Å²) in [4.78, 5) is 0. The quantitative estimate of drug-likeness (QED) is 0.739. The minimum Gasteiger partial charge on any atom is -0.491 e. The van der Waals surface area contributed by atoms with Crippen LogP contribution in [0.5, 0.6) is 5.75 Å². The predicted molar refractivity (Wildman–Crippen MR) is 93.1 cm³/mol. The summed E-state index contributed by atoms with van der Waals surface area (Å²) < 4.78 is 7.53. The van der Waals surface area contributed by atoms with Crippen molar-refractivity contribution in [3.05, 3.63) is 72.6 Å². The lowest BCUT2D eigenvalue weighted by atomic mass is 10.2. The molecule has 0 saturated heterocycles. The zero-order valence-electron chi connectivity index (χ0n) is 13.4. The minimum absolute atomic E-state index is 0.194. The second-order valence-corrected chi connectivity index (χ2v) is 5.63. The molecular formula is C19H21N3O. The highest BCUT2D eigenvalue weighted by atomic mass is 16.5. The highest BCUT2D eigenvalue weighted by molar-refractivity contribution is 5.60. The van der Waals surface area contributed by atoms with Crippen LogP contribution in [0, 0.1) is 0 Å². The number of nitrogens with one attached hydrogen (secondary N) is 1. The first kappa shape index (κ1) is 15.2. The molecule has 1 heterocycles. The molecule has 1 N–H and O–H groups in total. The van der Waals surface area contributed by atoms with Crippen LogP contribution in [0.25, 0.3) is 5.69 Å². The van der Waals surface area contributed by atoms with Crippen molar-refractivity contribution in [2.24, 2.45) is 0 Å². The van der Waals surface area contributed by atoms with Crippen LogP contribution in [0.15, 0.2) is 67.0 Å². The Morgan fingerprint density at radius 1 is 1.04 bits per heavy atom. The third kappa shape index (κ3) is 3.92. The molecule has 0 fully saturated rings. The topological polar surface area (TPSA) is 39.1 Å². The Balaban J connectivity index is 1.69. The van der Waals surface area contributed by atoms with Crippen LogP contribution in [0.2, 0.25) is 0 Å². The lowest BCUT2D eigenvalue weighted by Crippen LogP contribution is -2.06. The van der Waals surface area contributed by atoms with Crippen molar-refractivity contribution in [3.63, 3.8) is 0 Å². The lowest BCUT2D eigenvalue weighted by molar-refractivity contribution is 0.242. The second-order valence-electron chi connectivity index (χ2n) is 5.63. The van der Waals surface area contributed by atoms with Crippen molar-refractivity contribution in [1.29, 1.82) is 0 Å². The third-order valence-electron chi connectivity index (χ3n) is 3.43. The van der Waals surface area contributed by atoms with Crippen LogP contribution in [0.1, 0.15) is 19.4 Å². The van der Waals surface area contributed by atoms with Crippen LogP contribution in [-0.2, 0) is 6.54 Å². The Labute approximate surface area is 136 Å². The van der Waals surface area contributed by atoms with E-state index in [4.69, 9.17) is 4.74 Å². The lowest BCUT2D eigenvalue weighted by Gasteiger charge is -2.13. The van der Waals surface area contributed by atoms with E-state index >= 15 is 0 Å². The molecule has 0 amide bonds. The summed E-state index contributed by atoms with van der Waals surface area (Å²) in [5.74, 6) is 0.903. The maximum atomic E-state index is 5.67. The number of benzene rings is 2. The SMILES string of the molecule is CC(C)Oc1ccc(CNc2ccccc2-n2cccn2)cc1. The van der Waals surface area contributed by atoms with Gasteiger partial charge in [0.2, 0.25) is 0 Å². The Bertz CT molecular complexity index is 734. The molecule has 0 aliphatic rings. The molecule has 118 valence electrons. The number of nitrogens with zero attached hydrogens (tertiary/aromatic N) is 2. The number of hydrogen-bond donors (Lipinski definition) is 1. The monoisotopic (exact) mass is 307 g/mol. The molecule has 0 radical (unpaired) electrons. The number of rotatable bonds is 6. The Kier molecular flexibility index (Phi) is 4.62. The molecule has 0 saturated carbocycles. The van der Waals surface area contributed by atoms with Gasteiger partial charge in [-0.05, 0) is 49.7 Å². The van der Waals surface area contributed by atoms with Crippen molar-refractivity contribution >= 4 is 5.69 Å². The molecule has 23 heavy (non-hydrogen) atoms. The fraction of sp³-hybridized carbons (Fsp3) is 0.211.